The molecule has 0 bridgehead atoms. The van der Waals surface area contributed by atoms with Crippen LogP contribution in [0.4, 0.5) is 0 Å². The number of fused-ring (bicyclic) bond motifs is 1. The molecule has 41 heavy (non-hydrogen) atoms. The van der Waals surface area contributed by atoms with Crippen molar-refractivity contribution < 1.29 is 0 Å². The largest absolute Gasteiger partial charge is 0.337 e. The number of benzene rings is 3. The number of hydrogen-bond acceptors (Lipinski definition) is 6. The predicted molar refractivity (Wildman–Crippen MR) is 156 cm³/mol. The molecule has 0 radical (unpaired) electrons. The van der Waals surface area contributed by atoms with Gasteiger partial charge < -0.3 is 4.57 Å². The fourth-order valence-electron chi connectivity index (χ4n) is 5.43. The predicted octanol–water partition coefficient (Wildman–Crippen LogP) is 4.22. The van der Waals surface area contributed by atoms with Crippen LogP contribution in [0.15, 0.2) is 88.5 Å². The van der Waals surface area contributed by atoms with Crippen LogP contribution in [0.1, 0.15) is 31.2 Å². The summed E-state index contributed by atoms with van der Waals surface area (Å²) < 4.78 is 4.97. The van der Waals surface area contributed by atoms with E-state index in [1.807, 2.05) is 54.0 Å². The Kier molecular flexibility index (Phi) is 6.15. The zero-order valence-corrected chi connectivity index (χ0v) is 22.6. The maximum Gasteiger partial charge on any atom is 0.337 e. The Hall–Kier alpha value is -5.12. The Labute approximate surface area is 234 Å². The van der Waals surface area contributed by atoms with E-state index in [4.69, 9.17) is 4.98 Å². The van der Waals surface area contributed by atoms with Crippen molar-refractivity contribution in [2.24, 2.45) is 5.92 Å². The minimum atomic E-state index is -0.346. The molecule has 204 valence electrons. The normalized spacial score (nSPS) is 13.2. The Morgan fingerprint density at radius 1 is 0.878 bits per heavy atom. The molecule has 1 N–H and O–H groups in total. The number of imidazole rings is 1. The van der Waals surface area contributed by atoms with Gasteiger partial charge >= 0.3 is 5.69 Å². The minimum Gasteiger partial charge on any atom is -0.318 e. The van der Waals surface area contributed by atoms with Crippen molar-refractivity contribution in [2.75, 3.05) is 0 Å². The van der Waals surface area contributed by atoms with E-state index >= 15 is 0 Å². The lowest BCUT2D eigenvalue weighted by molar-refractivity contribution is 0.591. The van der Waals surface area contributed by atoms with Gasteiger partial charge in [-0.05, 0) is 52.8 Å². The van der Waals surface area contributed by atoms with Gasteiger partial charge in [0.2, 0.25) is 5.82 Å². The van der Waals surface area contributed by atoms with Crippen molar-refractivity contribution in [1.82, 2.24) is 39.3 Å². The first-order valence-electron chi connectivity index (χ1n) is 13.8. The van der Waals surface area contributed by atoms with E-state index in [1.54, 1.807) is 16.7 Å². The first kappa shape index (κ1) is 24.9. The highest BCUT2D eigenvalue weighted by Crippen LogP contribution is 2.32. The zero-order chi connectivity index (χ0) is 27.9. The fourth-order valence-corrected chi connectivity index (χ4v) is 5.43. The van der Waals surface area contributed by atoms with Gasteiger partial charge in [-0.3, -0.25) is 9.36 Å². The van der Waals surface area contributed by atoms with Crippen LogP contribution >= 0.6 is 0 Å². The van der Waals surface area contributed by atoms with Crippen LogP contribution in [-0.2, 0) is 19.5 Å². The summed E-state index contributed by atoms with van der Waals surface area (Å²) in [6.45, 7) is 3.05. The van der Waals surface area contributed by atoms with Gasteiger partial charge in [0.1, 0.15) is 5.82 Å². The third-order valence-electron chi connectivity index (χ3n) is 7.70. The van der Waals surface area contributed by atoms with Gasteiger partial charge in [0.25, 0.3) is 5.56 Å². The average molecular weight is 545 g/mol. The lowest BCUT2D eigenvalue weighted by Crippen LogP contribution is -2.40. The molecule has 6 aromatic rings. The Morgan fingerprint density at radius 3 is 2.29 bits per heavy atom. The van der Waals surface area contributed by atoms with Crippen LogP contribution in [0.3, 0.4) is 0 Å². The van der Waals surface area contributed by atoms with E-state index in [0.29, 0.717) is 48.1 Å². The molecule has 1 aliphatic rings. The van der Waals surface area contributed by atoms with Gasteiger partial charge in [-0.2, -0.15) is 5.21 Å². The number of nitrogens with zero attached hydrogens (tertiary/aromatic N) is 7. The summed E-state index contributed by atoms with van der Waals surface area (Å²) >= 11 is 0. The summed E-state index contributed by atoms with van der Waals surface area (Å²) in [4.78, 5) is 32.5. The molecule has 0 atom stereocenters. The average Bonchev–Trinajstić information content (AvgIpc) is 3.51. The van der Waals surface area contributed by atoms with Gasteiger partial charge in [-0.1, -0.05) is 73.7 Å². The molecule has 3 aromatic carbocycles. The minimum absolute atomic E-state index is 0.336. The number of nitrogens with one attached hydrogen (secondary N) is 1. The molecule has 0 saturated heterocycles. The van der Waals surface area contributed by atoms with Crippen LogP contribution < -0.4 is 11.2 Å². The maximum absolute atomic E-state index is 14.0. The summed E-state index contributed by atoms with van der Waals surface area (Å²) in [6, 6.07) is 25.3. The van der Waals surface area contributed by atoms with Gasteiger partial charge in [-0.25, -0.2) is 14.3 Å². The molecule has 0 unspecified atom stereocenters. The number of tetrazole rings is 1. The number of aromatic amines is 1. The second-order valence-electron chi connectivity index (χ2n) is 10.4. The number of rotatable bonds is 8. The van der Waals surface area contributed by atoms with Crippen LogP contribution in [0.2, 0.25) is 0 Å². The van der Waals surface area contributed by atoms with Gasteiger partial charge in [0.05, 0.1) is 5.69 Å². The van der Waals surface area contributed by atoms with Gasteiger partial charge in [-0.15, -0.1) is 10.2 Å². The number of aromatic nitrogens is 8. The van der Waals surface area contributed by atoms with Crippen molar-refractivity contribution in [1.29, 1.82) is 0 Å². The van der Waals surface area contributed by atoms with Crippen molar-refractivity contribution in [2.45, 2.75) is 39.3 Å². The maximum atomic E-state index is 14.0. The molecule has 7 rings (SSSR count). The quantitative estimate of drug-likeness (QED) is 0.307. The number of aryl methyl sites for hydroxylation is 1. The summed E-state index contributed by atoms with van der Waals surface area (Å²) in [5, 5.41) is 14.5. The highest BCUT2D eigenvalue weighted by atomic mass is 16.2. The SMILES string of the molecule is CCc1nc2c(c(=O)n(-c3ccccc3)c(=O)n2CC2CC2)n1Cc1ccc(-c2ccccc2-c2nn[nH]n2)cc1. The molecule has 1 fully saturated rings. The number of hydrogen-bond donors (Lipinski definition) is 1. The van der Waals surface area contributed by atoms with E-state index in [0.717, 1.165) is 40.9 Å². The van der Waals surface area contributed by atoms with Crippen LogP contribution in [-0.4, -0.2) is 39.3 Å². The second kappa shape index (κ2) is 10.1. The highest BCUT2D eigenvalue weighted by molar-refractivity contribution is 5.80. The molecule has 3 heterocycles. The van der Waals surface area contributed by atoms with Crippen molar-refractivity contribution in [3.8, 4) is 28.2 Å². The molecule has 1 aliphatic carbocycles. The van der Waals surface area contributed by atoms with E-state index in [2.05, 4.69) is 44.9 Å². The van der Waals surface area contributed by atoms with Crippen molar-refractivity contribution in [3.63, 3.8) is 0 Å². The highest BCUT2D eigenvalue weighted by Gasteiger charge is 2.27. The molecule has 0 spiro atoms. The van der Waals surface area contributed by atoms with Crippen molar-refractivity contribution in [3.05, 3.63) is 111 Å². The van der Waals surface area contributed by atoms with Crippen LogP contribution in [0.5, 0.6) is 0 Å². The Bertz CT molecular complexity index is 1970. The van der Waals surface area contributed by atoms with Crippen LogP contribution in [0, 0.1) is 5.92 Å². The van der Waals surface area contributed by atoms with E-state index in [1.165, 1.54) is 4.57 Å². The van der Waals surface area contributed by atoms with E-state index in [-0.39, 0.29) is 11.2 Å². The first-order valence-corrected chi connectivity index (χ1v) is 13.8. The molecular formula is C31H28N8O2. The van der Waals surface area contributed by atoms with Crippen molar-refractivity contribution >= 4 is 11.2 Å². The van der Waals surface area contributed by atoms with Gasteiger partial charge in [0, 0.05) is 25.1 Å². The monoisotopic (exact) mass is 544 g/mol. The summed E-state index contributed by atoms with van der Waals surface area (Å²) in [7, 11) is 0. The summed E-state index contributed by atoms with van der Waals surface area (Å²) in [5.74, 6) is 1.75. The van der Waals surface area contributed by atoms with E-state index in [9.17, 15) is 9.59 Å². The first-order chi connectivity index (χ1) is 20.1. The molecule has 10 nitrogen and oxygen atoms in total. The number of para-hydroxylation sites is 1. The fraction of sp³-hybridized carbons (Fsp3) is 0.226. The molecule has 0 amide bonds. The van der Waals surface area contributed by atoms with Gasteiger partial charge in [0.15, 0.2) is 11.2 Å². The second-order valence-corrected chi connectivity index (χ2v) is 10.4. The molecule has 0 aliphatic heterocycles. The topological polar surface area (TPSA) is 116 Å². The lowest BCUT2D eigenvalue weighted by Gasteiger charge is -2.13. The smallest absolute Gasteiger partial charge is 0.318 e. The van der Waals surface area contributed by atoms with Crippen LogP contribution in [0.25, 0.3) is 39.4 Å². The standard InChI is InChI=1S/C31H28N8O2/c1-2-26-32-29-27(30(40)39(23-8-4-3-5-9-23)31(41)38(29)19-20-12-13-20)37(26)18-21-14-16-22(17-15-21)24-10-6-7-11-25(24)28-33-35-36-34-28/h3-11,14-17,20H,2,12-13,18-19H2,1H3,(H,33,34,35,36). The summed E-state index contributed by atoms with van der Waals surface area (Å²) in [6.07, 6.45) is 2.80. The Morgan fingerprint density at radius 2 is 1.61 bits per heavy atom. The number of H-pyrrole nitrogens is 1. The third-order valence-corrected chi connectivity index (χ3v) is 7.70. The van der Waals surface area contributed by atoms with E-state index < -0.39 is 0 Å². The Balaban J connectivity index is 1.33. The molecule has 3 aromatic heterocycles. The third kappa shape index (κ3) is 4.47. The lowest BCUT2D eigenvalue weighted by atomic mass is 9.98. The zero-order valence-electron chi connectivity index (χ0n) is 22.6. The molecular weight excluding hydrogens is 516 g/mol. The molecule has 10 heteroatoms. The molecule has 1 saturated carbocycles. The summed E-state index contributed by atoms with van der Waals surface area (Å²) in [5.41, 5.74) is 4.73.